The predicted molar refractivity (Wildman–Crippen MR) is 122 cm³/mol. The number of benzene rings is 2. The van der Waals surface area contributed by atoms with Gasteiger partial charge in [-0.25, -0.2) is 0 Å². The average Bonchev–Trinajstić information content (AvgIpc) is 2.77. The number of likely N-dealkylation sites (tertiary alicyclic amines) is 1. The molecule has 6 heteroatoms. The Bertz CT molecular complexity index is 964. The number of nitrogens with two attached hydrogens (primary N) is 1. The van der Waals surface area contributed by atoms with Gasteiger partial charge in [-0.05, 0) is 60.8 Å². The number of allylic oxidation sites excluding steroid dienone is 1. The van der Waals surface area contributed by atoms with Crippen molar-refractivity contribution in [2.45, 2.75) is 32.0 Å². The van der Waals surface area contributed by atoms with E-state index in [2.05, 4.69) is 33.7 Å². The van der Waals surface area contributed by atoms with E-state index in [-0.39, 0.29) is 5.91 Å². The molecule has 2 heterocycles. The summed E-state index contributed by atoms with van der Waals surface area (Å²) in [5.74, 6) is -0.168. The molecule has 1 atom stereocenters. The Morgan fingerprint density at radius 1 is 1.13 bits per heavy atom. The van der Waals surface area contributed by atoms with Crippen LogP contribution >= 0.6 is 11.6 Å². The fraction of sp³-hybridized carbons (Fsp3) is 0.292. The summed E-state index contributed by atoms with van der Waals surface area (Å²) >= 11 is 6.09. The molecule has 0 spiro atoms. The van der Waals surface area contributed by atoms with Crippen LogP contribution in [0, 0.1) is 0 Å². The van der Waals surface area contributed by atoms with Crippen LogP contribution in [-0.4, -0.2) is 30.1 Å². The first-order valence-corrected chi connectivity index (χ1v) is 10.8. The number of piperidine rings is 1. The van der Waals surface area contributed by atoms with E-state index < -0.39 is 6.17 Å². The summed E-state index contributed by atoms with van der Waals surface area (Å²) in [6, 6.07) is 16.3. The zero-order valence-electron chi connectivity index (χ0n) is 16.9. The third-order valence-electron chi connectivity index (χ3n) is 5.56. The lowest BCUT2D eigenvalue weighted by Crippen LogP contribution is -2.38. The van der Waals surface area contributed by atoms with Gasteiger partial charge in [-0.15, -0.1) is 0 Å². The van der Waals surface area contributed by atoms with E-state index in [0.717, 1.165) is 19.6 Å². The maximum Gasteiger partial charge on any atom is 0.255 e. The summed E-state index contributed by atoms with van der Waals surface area (Å²) in [5.41, 5.74) is 10.5. The van der Waals surface area contributed by atoms with Crippen molar-refractivity contribution >= 4 is 17.5 Å². The Balaban J connectivity index is 1.59. The van der Waals surface area contributed by atoms with Gasteiger partial charge in [0.25, 0.3) is 5.91 Å². The van der Waals surface area contributed by atoms with E-state index in [9.17, 15) is 4.79 Å². The van der Waals surface area contributed by atoms with Crippen LogP contribution in [0.1, 0.15) is 35.2 Å². The molecule has 1 fully saturated rings. The third-order valence-corrected chi connectivity index (χ3v) is 5.91. The molecule has 0 aliphatic carbocycles. The number of dihydropyridines is 1. The van der Waals surface area contributed by atoms with Gasteiger partial charge in [0.15, 0.2) is 0 Å². The molecule has 2 aliphatic rings. The molecule has 5 nitrogen and oxygen atoms in total. The smallest absolute Gasteiger partial charge is 0.255 e. The third kappa shape index (κ3) is 4.93. The molecule has 2 aromatic carbocycles. The minimum atomic E-state index is -0.436. The topological polar surface area (TPSA) is 70.4 Å². The minimum Gasteiger partial charge on any atom is -0.370 e. The molecule has 2 aliphatic heterocycles. The highest BCUT2D eigenvalue weighted by Gasteiger charge is 2.17. The van der Waals surface area contributed by atoms with Crippen LogP contribution in [0.4, 0.5) is 0 Å². The van der Waals surface area contributed by atoms with Crippen LogP contribution in [0.2, 0.25) is 0 Å². The normalized spacial score (nSPS) is 19.5. The van der Waals surface area contributed by atoms with Crippen molar-refractivity contribution in [3.05, 3.63) is 82.7 Å². The molecule has 156 valence electrons. The highest BCUT2D eigenvalue weighted by molar-refractivity contribution is 6.30. The molecule has 1 saturated heterocycles. The van der Waals surface area contributed by atoms with E-state index in [0.29, 0.717) is 16.3 Å². The fourth-order valence-corrected chi connectivity index (χ4v) is 4.12. The van der Waals surface area contributed by atoms with E-state index in [1.165, 1.54) is 36.0 Å². The fourth-order valence-electron chi connectivity index (χ4n) is 3.94. The number of carbonyl (C=O) groups excluding carboxylic acids is 1. The number of carbonyl (C=O) groups is 1. The number of nitrogens with zero attached hydrogens (tertiary/aromatic N) is 1. The highest BCUT2D eigenvalue weighted by Crippen LogP contribution is 2.27. The number of halogens is 1. The number of hydrogen-bond acceptors (Lipinski definition) is 4. The Kier molecular flexibility index (Phi) is 6.53. The van der Waals surface area contributed by atoms with Crippen LogP contribution in [0.25, 0.3) is 11.1 Å². The number of nitrogens with one attached hydrogen (secondary N) is 2. The lowest BCUT2D eigenvalue weighted by Gasteiger charge is -2.27. The summed E-state index contributed by atoms with van der Waals surface area (Å²) in [5, 5.41) is 6.29. The zero-order valence-corrected chi connectivity index (χ0v) is 17.7. The first-order valence-electron chi connectivity index (χ1n) is 10.4. The van der Waals surface area contributed by atoms with Crippen molar-refractivity contribution in [2.75, 3.05) is 13.1 Å². The summed E-state index contributed by atoms with van der Waals surface area (Å²) in [7, 11) is 0. The maximum absolute atomic E-state index is 12.9. The number of hydrogen-bond donors (Lipinski definition) is 3. The van der Waals surface area contributed by atoms with Crippen molar-refractivity contribution in [2.24, 2.45) is 5.73 Å². The Morgan fingerprint density at radius 2 is 1.90 bits per heavy atom. The largest absolute Gasteiger partial charge is 0.370 e. The zero-order chi connectivity index (χ0) is 20.9. The van der Waals surface area contributed by atoms with E-state index in [1.54, 1.807) is 12.3 Å². The van der Waals surface area contributed by atoms with Gasteiger partial charge in [0, 0.05) is 18.3 Å². The Morgan fingerprint density at radius 3 is 2.63 bits per heavy atom. The Labute approximate surface area is 182 Å². The lowest BCUT2D eigenvalue weighted by molar-refractivity contribution is 0.0966. The molecule has 4 N–H and O–H groups in total. The first-order chi connectivity index (χ1) is 14.6. The molecule has 4 rings (SSSR count). The molecular formula is C24H27ClN4O. The molecule has 0 saturated carbocycles. The van der Waals surface area contributed by atoms with Crippen molar-refractivity contribution in [1.29, 1.82) is 0 Å². The highest BCUT2D eigenvalue weighted by atomic mass is 35.5. The molecule has 0 aromatic heterocycles. The van der Waals surface area contributed by atoms with Crippen LogP contribution in [0.15, 0.2) is 71.5 Å². The lowest BCUT2D eigenvalue weighted by atomic mass is 9.96. The van der Waals surface area contributed by atoms with Crippen LogP contribution < -0.4 is 16.4 Å². The van der Waals surface area contributed by atoms with Gasteiger partial charge in [0.1, 0.15) is 6.17 Å². The second kappa shape index (κ2) is 9.47. The van der Waals surface area contributed by atoms with Crippen molar-refractivity contribution < 1.29 is 4.79 Å². The molecule has 1 amide bonds. The quantitative estimate of drug-likeness (QED) is 0.683. The van der Waals surface area contributed by atoms with E-state index in [4.69, 9.17) is 17.3 Å². The second-order valence-electron chi connectivity index (χ2n) is 7.80. The predicted octanol–water partition coefficient (Wildman–Crippen LogP) is 3.92. The van der Waals surface area contributed by atoms with Gasteiger partial charge in [-0.3, -0.25) is 9.69 Å². The molecule has 1 unspecified atom stereocenters. The SMILES string of the molecule is NC1NC=C(NC(=O)c2ccc(-c3ccccc3)c(CN3CCCCC3)c2)C=C1Cl. The van der Waals surface area contributed by atoms with Gasteiger partial charge in [0.05, 0.1) is 10.7 Å². The molecule has 0 radical (unpaired) electrons. The van der Waals surface area contributed by atoms with Crippen molar-refractivity contribution in [1.82, 2.24) is 15.5 Å². The summed E-state index contributed by atoms with van der Waals surface area (Å²) in [6.45, 7) is 3.05. The van der Waals surface area contributed by atoms with Gasteiger partial charge < -0.3 is 16.4 Å². The van der Waals surface area contributed by atoms with Gasteiger partial charge in [0.2, 0.25) is 0 Å². The molecule has 30 heavy (non-hydrogen) atoms. The molecule has 0 bridgehead atoms. The van der Waals surface area contributed by atoms with Gasteiger partial charge in [-0.1, -0.05) is 54.4 Å². The first kappa shape index (κ1) is 20.7. The summed E-state index contributed by atoms with van der Waals surface area (Å²) in [6.07, 6.45) is 6.67. The van der Waals surface area contributed by atoms with Crippen molar-refractivity contribution in [3.63, 3.8) is 0 Å². The Hall–Kier alpha value is -2.60. The van der Waals surface area contributed by atoms with Gasteiger partial charge in [-0.2, -0.15) is 0 Å². The van der Waals surface area contributed by atoms with E-state index >= 15 is 0 Å². The van der Waals surface area contributed by atoms with Gasteiger partial charge >= 0.3 is 0 Å². The van der Waals surface area contributed by atoms with Crippen LogP contribution in [0.5, 0.6) is 0 Å². The van der Waals surface area contributed by atoms with Crippen LogP contribution in [0.3, 0.4) is 0 Å². The summed E-state index contributed by atoms with van der Waals surface area (Å²) < 4.78 is 0. The molecular weight excluding hydrogens is 396 g/mol. The number of amides is 1. The standard InChI is InChI=1S/C24H27ClN4O/c25-22-14-20(15-27-23(22)26)28-24(30)18-9-10-21(17-7-3-1-4-8-17)19(13-18)16-29-11-5-2-6-12-29/h1,3-4,7-10,13-15,23,27H,2,5-6,11-12,16,26H2,(H,28,30). The van der Waals surface area contributed by atoms with E-state index in [1.807, 2.05) is 30.3 Å². The summed E-state index contributed by atoms with van der Waals surface area (Å²) in [4.78, 5) is 15.4. The molecule has 2 aromatic rings. The second-order valence-corrected chi connectivity index (χ2v) is 8.24. The van der Waals surface area contributed by atoms with Crippen LogP contribution in [-0.2, 0) is 6.54 Å². The number of rotatable bonds is 5. The monoisotopic (exact) mass is 422 g/mol. The van der Waals surface area contributed by atoms with Crippen molar-refractivity contribution in [3.8, 4) is 11.1 Å². The minimum absolute atomic E-state index is 0.168. The maximum atomic E-state index is 12.9. The average molecular weight is 423 g/mol.